The van der Waals surface area contributed by atoms with Crippen LogP contribution in [0.25, 0.3) is 0 Å². The third-order valence-electron chi connectivity index (χ3n) is 3.40. The van der Waals surface area contributed by atoms with Crippen LogP contribution < -0.4 is 5.32 Å². The summed E-state index contributed by atoms with van der Waals surface area (Å²) >= 11 is 0. The molecule has 3 nitrogen and oxygen atoms in total. The van der Waals surface area contributed by atoms with Gasteiger partial charge in [-0.3, -0.25) is 4.79 Å². The third-order valence-corrected chi connectivity index (χ3v) is 3.40. The molecule has 1 N–H and O–H groups in total. The highest BCUT2D eigenvalue weighted by Gasteiger charge is 2.07. The molecule has 0 saturated carbocycles. The van der Waals surface area contributed by atoms with E-state index >= 15 is 0 Å². The number of benzene rings is 2. The molecular formula is C19H21NO2. The van der Waals surface area contributed by atoms with Crippen molar-refractivity contribution >= 4 is 12.0 Å². The lowest BCUT2D eigenvalue weighted by atomic mass is 10.1. The Morgan fingerprint density at radius 2 is 1.82 bits per heavy atom. The molecule has 0 aliphatic heterocycles. The number of carbonyl (C=O) groups excluding carboxylic acids is 1. The number of nitrogens with one attached hydrogen (secondary N) is 1. The zero-order chi connectivity index (χ0) is 15.6. The predicted molar refractivity (Wildman–Crippen MR) is 90.2 cm³/mol. The van der Waals surface area contributed by atoms with Crippen molar-refractivity contribution in [2.45, 2.75) is 19.1 Å². The van der Waals surface area contributed by atoms with Gasteiger partial charge in [-0.15, -0.1) is 6.58 Å². The molecule has 2 aromatic carbocycles. The Morgan fingerprint density at radius 1 is 1.09 bits per heavy atom. The maximum atomic E-state index is 11.0. The highest BCUT2D eigenvalue weighted by atomic mass is 16.5. The second-order valence-corrected chi connectivity index (χ2v) is 5.02. The van der Waals surface area contributed by atoms with E-state index < -0.39 is 0 Å². The van der Waals surface area contributed by atoms with Crippen molar-refractivity contribution < 1.29 is 9.53 Å². The molecular weight excluding hydrogens is 274 g/mol. The Kier molecular flexibility index (Phi) is 6.39. The minimum absolute atomic E-state index is 0.0665. The minimum atomic E-state index is 0.0665. The lowest BCUT2D eigenvalue weighted by molar-refractivity contribution is 0.112. The number of anilines is 1. The molecule has 0 unspecified atom stereocenters. The van der Waals surface area contributed by atoms with Crippen molar-refractivity contribution in [2.75, 3.05) is 11.9 Å². The standard InChI is InChI=1S/C19H21NO2/c1-2-18(20-19-11-7-6-10-17(19)14-21)12-13-22-15-16-8-4-3-5-9-16/h2-11,14,18,20H,1,12-13,15H2/t18-/m0/s1. The van der Waals surface area contributed by atoms with Crippen LogP contribution in [0.5, 0.6) is 0 Å². The van der Waals surface area contributed by atoms with Gasteiger partial charge in [0.1, 0.15) is 0 Å². The fraction of sp³-hybridized carbons (Fsp3) is 0.211. The van der Waals surface area contributed by atoms with Gasteiger partial charge in [0, 0.05) is 23.9 Å². The molecule has 0 radical (unpaired) electrons. The van der Waals surface area contributed by atoms with E-state index in [-0.39, 0.29) is 6.04 Å². The summed E-state index contributed by atoms with van der Waals surface area (Å²) in [6.45, 7) is 5.08. The first kappa shape index (κ1) is 16.0. The largest absolute Gasteiger partial charge is 0.378 e. The summed E-state index contributed by atoms with van der Waals surface area (Å²) < 4.78 is 5.69. The fourth-order valence-electron chi connectivity index (χ4n) is 2.15. The second kappa shape index (κ2) is 8.80. The number of carbonyl (C=O) groups is 1. The third kappa shape index (κ3) is 4.86. The van der Waals surface area contributed by atoms with Crippen LogP contribution >= 0.6 is 0 Å². The van der Waals surface area contributed by atoms with Crippen LogP contribution in [0.2, 0.25) is 0 Å². The number of aldehydes is 1. The van der Waals surface area contributed by atoms with Crippen molar-refractivity contribution in [2.24, 2.45) is 0 Å². The van der Waals surface area contributed by atoms with E-state index in [1.807, 2.05) is 54.6 Å². The van der Waals surface area contributed by atoms with Gasteiger partial charge in [0.15, 0.2) is 6.29 Å². The van der Waals surface area contributed by atoms with Gasteiger partial charge in [0.25, 0.3) is 0 Å². The summed E-state index contributed by atoms with van der Waals surface area (Å²) in [6, 6.07) is 17.6. The lowest BCUT2D eigenvalue weighted by Gasteiger charge is -2.17. The minimum Gasteiger partial charge on any atom is -0.378 e. The molecule has 22 heavy (non-hydrogen) atoms. The lowest BCUT2D eigenvalue weighted by Crippen LogP contribution is -2.19. The summed E-state index contributed by atoms with van der Waals surface area (Å²) in [6.07, 6.45) is 3.49. The number of para-hydroxylation sites is 1. The van der Waals surface area contributed by atoms with Crippen LogP contribution in [0.4, 0.5) is 5.69 Å². The van der Waals surface area contributed by atoms with Gasteiger partial charge < -0.3 is 10.1 Å². The summed E-state index contributed by atoms with van der Waals surface area (Å²) in [5.74, 6) is 0. The van der Waals surface area contributed by atoms with Crippen molar-refractivity contribution in [1.82, 2.24) is 0 Å². The van der Waals surface area contributed by atoms with Crippen molar-refractivity contribution in [3.05, 3.63) is 78.4 Å². The summed E-state index contributed by atoms with van der Waals surface area (Å²) in [7, 11) is 0. The SMILES string of the molecule is C=C[C@@H](CCOCc1ccccc1)Nc1ccccc1C=O. The Labute approximate surface area is 131 Å². The van der Waals surface area contributed by atoms with Crippen LogP contribution in [0, 0.1) is 0 Å². The van der Waals surface area contributed by atoms with Crippen LogP contribution in [0.1, 0.15) is 22.3 Å². The van der Waals surface area contributed by atoms with Gasteiger partial charge in [-0.2, -0.15) is 0 Å². The molecule has 0 spiro atoms. The first-order chi connectivity index (χ1) is 10.8. The fourth-order valence-corrected chi connectivity index (χ4v) is 2.15. The quantitative estimate of drug-likeness (QED) is 0.430. The molecule has 3 heteroatoms. The predicted octanol–water partition coefficient (Wildman–Crippen LogP) is 4.07. The van der Waals surface area contributed by atoms with Crippen molar-refractivity contribution in [3.63, 3.8) is 0 Å². The van der Waals surface area contributed by atoms with E-state index in [2.05, 4.69) is 11.9 Å². The first-order valence-electron chi connectivity index (χ1n) is 7.38. The number of ether oxygens (including phenoxy) is 1. The van der Waals surface area contributed by atoms with E-state index in [4.69, 9.17) is 4.74 Å². The maximum absolute atomic E-state index is 11.0. The average Bonchev–Trinajstić information content (AvgIpc) is 2.59. The molecule has 0 aromatic heterocycles. The van der Waals surface area contributed by atoms with Crippen molar-refractivity contribution in [1.29, 1.82) is 0 Å². The van der Waals surface area contributed by atoms with Gasteiger partial charge in [-0.05, 0) is 24.1 Å². The Hall–Kier alpha value is -2.39. The van der Waals surface area contributed by atoms with Gasteiger partial charge in [-0.1, -0.05) is 48.5 Å². The van der Waals surface area contributed by atoms with Crippen LogP contribution in [-0.4, -0.2) is 18.9 Å². The Balaban J connectivity index is 1.80. The maximum Gasteiger partial charge on any atom is 0.152 e. The molecule has 0 fully saturated rings. The summed E-state index contributed by atoms with van der Waals surface area (Å²) in [4.78, 5) is 11.0. The van der Waals surface area contributed by atoms with E-state index in [0.29, 0.717) is 18.8 Å². The summed E-state index contributed by atoms with van der Waals surface area (Å²) in [5.41, 5.74) is 2.64. The van der Waals surface area contributed by atoms with Crippen molar-refractivity contribution in [3.8, 4) is 0 Å². The van der Waals surface area contributed by atoms with E-state index in [9.17, 15) is 4.79 Å². The molecule has 0 saturated heterocycles. The summed E-state index contributed by atoms with van der Waals surface area (Å²) in [5, 5.41) is 3.32. The molecule has 0 aliphatic carbocycles. The van der Waals surface area contributed by atoms with E-state index in [0.717, 1.165) is 24.0 Å². The molecule has 0 aliphatic rings. The Bertz CT molecular complexity index is 595. The number of hydrogen-bond acceptors (Lipinski definition) is 3. The zero-order valence-corrected chi connectivity index (χ0v) is 12.6. The van der Waals surface area contributed by atoms with Gasteiger partial charge in [0.2, 0.25) is 0 Å². The second-order valence-electron chi connectivity index (χ2n) is 5.02. The van der Waals surface area contributed by atoms with Gasteiger partial charge in [-0.25, -0.2) is 0 Å². The molecule has 114 valence electrons. The van der Waals surface area contributed by atoms with Crippen LogP contribution in [0.15, 0.2) is 67.3 Å². The topological polar surface area (TPSA) is 38.3 Å². The first-order valence-corrected chi connectivity index (χ1v) is 7.38. The van der Waals surface area contributed by atoms with Gasteiger partial charge in [0.05, 0.1) is 6.61 Å². The molecule has 1 atom stereocenters. The Morgan fingerprint density at radius 3 is 2.55 bits per heavy atom. The van der Waals surface area contributed by atoms with Crippen LogP contribution in [0.3, 0.4) is 0 Å². The molecule has 2 rings (SSSR count). The zero-order valence-electron chi connectivity index (χ0n) is 12.6. The number of rotatable bonds is 9. The number of hydrogen-bond donors (Lipinski definition) is 1. The smallest absolute Gasteiger partial charge is 0.152 e. The average molecular weight is 295 g/mol. The molecule has 0 amide bonds. The molecule has 0 bridgehead atoms. The molecule has 2 aromatic rings. The van der Waals surface area contributed by atoms with E-state index in [1.165, 1.54) is 0 Å². The van der Waals surface area contributed by atoms with Crippen LogP contribution in [-0.2, 0) is 11.3 Å². The van der Waals surface area contributed by atoms with Gasteiger partial charge >= 0.3 is 0 Å². The van der Waals surface area contributed by atoms with E-state index in [1.54, 1.807) is 6.07 Å². The monoisotopic (exact) mass is 295 g/mol. The normalized spacial score (nSPS) is 11.6. The molecule has 0 heterocycles. The highest BCUT2D eigenvalue weighted by molar-refractivity contribution is 5.84. The highest BCUT2D eigenvalue weighted by Crippen LogP contribution is 2.15.